The largest absolute Gasteiger partial charge is 0.449 e. The molecule has 0 heterocycles. The van der Waals surface area contributed by atoms with Crippen LogP contribution >= 0.6 is 15.9 Å². The highest BCUT2D eigenvalue weighted by Crippen LogP contribution is 2.20. The van der Waals surface area contributed by atoms with Crippen molar-refractivity contribution >= 4 is 33.5 Å². The Morgan fingerprint density at radius 2 is 1.87 bits per heavy atom. The Balaban J connectivity index is 2.03. The van der Waals surface area contributed by atoms with Crippen molar-refractivity contribution in [2.24, 2.45) is 0 Å². The van der Waals surface area contributed by atoms with Crippen LogP contribution in [0.25, 0.3) is 0 Å². The summed E-state index contributed by atoms with van der Waals surface area (Å²) in [6.45, 7) is 1.35. The third-order valence-electron chi connectivity index (χ3n) is 2.94. The summed E-state index contributed by atoms with van der Waals surface area (Å²) in [5.41, 5.74) is 0.0697. The van der Waals surface area contributed by atoms with Gasteiger partial charge in [0.05, 0.1) is 11.3 Å². The maximum Gasteiger partial charge on any atom is 0.340 e. The van der Waals surface area contributed by atoms with Crippen molar-refractivity contribution in [3.63, 3.8) is 0 Å². The first-order chi connectivity index (χ1) is 10.9. The highest BCUT2D eigenvalue weighted by molar-refractivity contribution is 9.10. The summed E-state index contributed by atoms with van der Waals surface area (Å²) in [6.07, 6.45) is -1.15. The topological polar surface area (TPSA) is 55.4 Å². The molecule has 2 aromatic carbocycles. The number of carbonyl (C=O) groups is 2. The zero-order valence-corrected chi connectivity index (χ0v) is 13.6. The molecule has 0 fully saturated rings. The molecule has 0 bridgehead atoms. The van der Waals surface area contributed by atoms with Crippen molar-refractivity contribution < 1.29 is 23.1 Å². The van der Waals surface area contributed by atoms with Crippen LogP contribution < -0.4 is 5.32 Å². The molecule has 0 aliphatic rings. The zero-order chi connectivity index (χ0) is 17.0. The molecular weight excluding hydrogens is 372 g/mol. The van der Waals surface area contributed by atoms with Crippen LogP contribution in [0.4, 0.5) is 14.5 Å². The molecule has 1 amide bonds. The number of hydrogen-bond donors (Lipinski definition) is 1. The smallest absolute Gasteiger partial charge is 0.340 e. The van der Waals surface area contributed by atoms with Gasteiger partial charge < -0.3 is 10.1 Å². The van der Waals surface area contributed by atoms with E-state index in [0.717, 1.165) is 12.1 Å². The molecule has 0 saturated carbocycles. The van der Waals surface area contributed by atoms with Gasteiger partial charge in [-0.1, -0.05) is 12.1 Å². The Kier molecular flexibility index (Phi) is 5.44. The first kappa shape index (κ1) is 17.1. The van der Waals surface area contributed by atoms with Gasteiger partial charge in [0.25, 0.3) is 5.91 Å². The predicted molar refractivity (Wildman–Crippen MR) is 84.0 cm³/mol. The van der Waals surface area contributed by atoms with E-state index in [2.05, 4.69) is 21.2 Å². The number of para-hydroxylation sites is 1. The predicted octanol–water partition coefficient (Wildman–Crippen LogP) is 3.91. The number of esters is 1. The van der Waals surface area contributed by atoms with E-state index in [1.54, 1.807) is 6.07 Å². The number of ether oxygens (including phenoxy) is 1. The number of benzene rings is 2. The van der Waals surface area contributed by atoms with E-state index < -0.39 is 29.6 Å². The molecule has 23 heavy (non-hydrogen) atoms. The summed E-state index contributed by atoms with van der Waals surface area (Å²) in [5.74, 6) is -2.59. The first-order valence-corrected chi connectivity index (χ1v) is 7.39. The zero-order valence-electron chi connectivity index (χ0n) is 12.0. The number of nitrogens with one attached hydrogen (secondary N) is 1. The van der Waals surface area contributed by atoms with Gasteiger partial charge in [-0.2, -0.15) is 0 Å². The standard InChI is InChI=1S/C16H12BrF2NO3/c1-9(15(21)20-14-5-3-2-4-13(14)19)23-16(22)11-7-6-10(18)8-12(11)17/h2-9H,1H3,(H,20,21)/t9-/m0/s1. The summed E-state index contributed by atoms with van der Waals surface area (Å²) >= 11 is 3.05. The molecule has 0 radical (unpaired) electrons. The molecule has 1 N–H and O–H groups in total. The van der Waals surface area contributed by atoms with Crippen LogP contribution in [-0.2, 0) is 9.53 Å². The SMILES string of the molecule is C[C@H](OC(=O)c1ccc(F)cc1Br)C(=O)Nc1ccccc1F. The van der Waals surface area contributed by atoms with Gasteiger partial charge in [0.1, 0.15) is 11.6 Å². The highest BCUT2D eigenvalue weighted by atomic mass is 79.9. The average Bonchev–Trinajstić information content (AvgIpc) is 2.49. The Labute approximate surface area is 139 Å². The monoisotopic (exact) mass is 383 g/mol. The van der Waals surface area contributed by atoms with Gasteiger partial charge in [0.2, 0.25) is 0 Å². The van der Waals surface area contributed by atoms with E-state index in [1.165, 1.54) is 31.2 Å². The van der Waals surface area contributed by atoms with Gasteiger partial charge in [-0.25, -0.2) is 13.6 Å². The van der Waals surface area contributed by atoms with Crippen LogP contribution in [0.2, 0.25) is 0 Å². The van der Waals surface area contributed by atoms with E-state index in [-0.39, 0.29) is 15.7 Å². The molecule has 0 saturated heterocycles. The minimum Gasteiger partial charge on any atom is -0.449 e. The van der Waals surface area contributed by atoms with Crippen LogP contribution in [0.5, 0.6) is 0 Å². The van der Waals surface area contributed by atoms with E-state index in [1.807, 2.05) is 0 Å². The van der Waals surface area contributed by atoms with Crippen molar-refractivity contribution in [1.29, 1.82) is 0 Å². The second-order valence-electron chi connectivity index (χ2n) is 4.64. The maximum atomic E-state index is 13.5. The summed E-state index contributed by atoms with van der Waals surface area (Å²) < 4.78 is 31.7. The van der Waals surface area contributed by atoms with Crippen molar-refractivity contribution in [2.45, 2.75) is 13.0 Å². The van der Waals surface area contributed by atoms with E-state index >= 15 is 0 Å². The summed E-state index contributed by atoms with van der Waals surface area (Å²) in [5, 5.41) is 2.33. The number of hydrogen-bond acceptors (Lipinski definition) is 3. The fourth-order valence-corrected chi connectivity index (χ4v) is 2.24. The van der Waals surface area contributed by atoms with E-state index in [9.17, 15) is 18.4 Å². The molecule has 1 atom stereocenters. The Morgan fingerprint density at radius 1 is 1.17 bits per heavy atom. The molecule has 0 aromatic heterocycles. The lowest BCUT2D eigenvalue weighted by atomic mass is 10.2. The lowest BCUT2D eigenvalue weighted by molar-refractivity contribution is -0.123. The molecule has 0 aliphatic heterocycles. The number of halogens is 3. The molecule has 0 spiro atoms. The third-order valence-corrected chi connectivity index (χ3v) is 3.59. The van der Waals surface area contributed by atoms with E-state index in [4.69, 9.17) is 4.74 Å². The van der Waals surface area contributed by atoms with Crippen molar-refractivity contribution in [1.82, 2.24) is 0 Å². The fraction of sp³-hybridized carbons (Fsp3) is 0.125. The molecule has 0 aliphatic carbocycles. The average molecular weight is 384 g/mol. The van der Waals surface area contributed by atoms with Crippen LogP contribution in [0, 0.1) is 11.6 Å². The van der Waals surface area contributed by atoms with Crippen LogP contribution in [-0.4, -0.2) is 18.0 Å². The number of carbonyl (C=O) groups excluding carboxylic acids is 2. The van der Waals surface area contributed by atoms with Gasteiger partial charge in [-0.3, -0.25) is 4.79 Å². The molecular formula is C16H12BrF2NO3. The summed E-state index contributed by atoms with van der Waals surface area (Å²) in [6, 6.07) is 9.08. The summed E-state index contributed by atoms with van der Waals surface area (Å²) in [7, 11) is 0. The number of anilines is 1. The lowest BCUT2D eigenvalue weighted by Gasteiger charge is -2.14. The Bertz CT molecular complexity index is 752. The third kappa shape index (κ3) is 4.35. The lowest BCUT2D eigenvalue weighted by Crippen LogP contribution is -2.30. The maximum absolute atomic E-state index is 13.5. The minimum absolute atomic E-state index is 0.0108. The van der Waals surface area contributed by atoms with Crippen LogP contribution in [0.15, 0.2) is 46.9 Å². The van der Waals surface area contributed by atoms with Crippen LogP contribution in [0.1, 0.15) is 17.3 Å². The van der Waals surface area contributed by atoms with Gasteiger partial charge in [-0.15, -0.1) is 0 Å². The van der Waals surface area contributed by atoms with Crippen molar-refractivity contribution in [2.75, 3.05) is 5.32 Å². The highest BCUT2D eigenvalue weighted by Gasteiger charge is 2.21. The first-order valence-electron chi connectivity index (χ1n) is 6.60. The molecule has 4 nitrogen and oxygen atoms in total. The minimum atomic E-state index is -1.15. The van der Waals surface area contributed by atoms with Gasteiger partial charge >= 0.3 is 5.97 Å². The van der Waals surface area contributed by atoms with E-state index in [0.29, 0.717) is 0 Å². The normalized spacial score (nSPS) is 11.7. The second-order valence-corrected chi connectivity index (χ2v) is 5.50. The second kappa shape index (κ2) is 7.32. The number of rotatable bonds is 4. The van der Waals surface area contributed by atoms with Gasteiger partial charge in [0, 0.05) is 4.47 Å². The Morgan fingerprint density at radius 3 is 2.52 bits per heavy atom. The fourth-order valence-electron chi connectivity index (χ4n) is 1.73. The number of amides is 1. The van der Waals surface area contributed by atoms with Crippen molar-refractivity contribution in [3.8, 4) is 0 Å². The quantitative estimate of drug-likeness (QED) is 0.814. The van der Waals surface area contributed by atoms with Crippen LogP contribution in [0.3, 0.4) is 0 Å². The van der Waals surface area contributed by atoms with Crippen molar-refractivity contribution in [3.05, 3.63) is 64.1 Å². The molecule has 120 valence electrons. The van der Waals surface area contributed by atoms with Gasteiger partial charge in [0.15, 0.2) is 6.10 Å². The van der Waals surface area contributed by atoms with Gasteiger partial charge in [-0.05, 0) is 53.2 Å². The Hall–Kier alpha value is -2.28. The summed E-state index contributed by atoms with van der Waals surface area (Å²) in [4.78, 5) is 23.9. The molecule has 0 unspecified atom stereocenters. The molecule has 2 aromatic rings. The molecule has 7 heteroatoms. The molecule has 2 rings (SSSR count).